The van der Waals surface area contributed by atoms with Crippen molar-refractivity contribution < 1.29 is 37.5 Å². The smallest absolute Gasteiger partial charge is 0.455 e. The zero-order valence-corrected chi connectivity index (χ0v) is 27.1. The first-order valence-corrected chi connectivity index (χ1v) is 18.1. The molecule has 11 nitrogen and oxygen atoms in total. The van der Waals surface area contributed by atoms with E-state index in [-0.39, 0.29) is 37.1 Å². The van der Waals surface area contributed by atoms with Gasteiger partial charge in [0.2, 0.25) is 0 Å². The lowest BCUT2D eigenvalue weighted by Crippen LogP contribution is -2.39. The van der Waals surface area contributed by atoms with Crippen molar-refractivity contribution in [3.8, 4) is 6.01 Å². The molecule has 3 heterocycles. The van der Waals surface area contributed by atoms with E-state index in [1.54, 1.807) is 10.8 Å². The van der Waals surface area contributed by atoms with Crippen molar-refractivity contribution in [3.05, 3.63) is 17.8 Å². The zero-order chi connectivity index (χ0) is 30.9. The van der Waals surface area contributed by atoms with Gasteiger partial charge in [-0.05, 0) is 18.9 Å². The highest BCUT2D eigenvalue weighted by Gasteiger charge is 2.54. The van der Waals surface area contributed by atoms with Crippen molar-refractivity contribution >= 4 is 13.8 Å². The SMILES string of the molecule is CCCCCCCCCCCCCCCC(=O)O[C@H]1[C@@H]2Oc3nc(=N)ccn3[C@@H]2O[C@@H]1COP(=O)(O)OCCCCCC. The highest BCUT2D eigenvalue weighted by molar-refractivity contribution is 7.47. The fraction of sp³-hybridized carbons (Fsp3) is 0.839. The van der Waals surface area contributed by atoms with E-state index < -0.39 is 32.4 Å². The summed E-state index contributed by atoms with van der Waals surface area (Å²) in [5.41, 5.74) is 0.0411. The first kappa shape index (κ1) is 35.7. The largest absolute Gasteiger partial charge is 0.472 e. The number of ether oxygens (including phenoxy) is 3. The second-order valence-electron chi connectivity index (χ2n) is 11.8. The maximum Gasteiger partial charge on any atom is 0.472 e. The number of aromatic nitrogens is 2. The summed E-state index contributed by atoms with van der Waals surface area (Å²) in [6.45, 7) is 4.14. The molecule has 43 heavy (non-hydrogen) atoms. The Bertz CT molecular complexity index is 1050. The Hall–Kier alpha value is -1.78. The summed E-state index contributed by atoms with van der Waals surface area (Å²) in [4.78, 5) is 27.1. The van der Waals surface area contributed by atoms with Crippen LogP contribution in [0.5, 0.6) is 6.01 Å². The van der Waals surface area contributed by atoms with E-state index in [0.717, 1.165) is 38.5 Å². The van der Waals surface area contributed by atoms with Gasteiger partial charge in [-0.1, -0.05) is 110 Å². The molecule has 1 aromatic heterocycles. The first-order chi connectivity index (χ1) is 20.8. The fourth-order valence-corrected chi connectivity index (χ4v) is 6.33. The summed E-state index contributed by atoms with van der Waals surface area (Å²) in [5, 5.41) is 7.77. The molecule has 2 aliphatic rings. The highest BCUT2D eigenvalue weighted by Crippen LogP contribution is 2.46. The van der Waals surface area contributed by atoms with E-state index in [2.05, 4.69) is 18.8 Å². The van der Waals surface area contributed by atoms with Crippen molar-refractivity contribution in [2.75, 3.05) is 13.2 Å². The van der Waals surface area contributed by atoms with Gasteiger partial charge in [0.25, 0.3) is 0 Å². The number of esters is 1. The van der Waals surface area contributed by atoms with Crippen molar-refractivity contribution in [1.82, 2.24) is 9.55 Å². The minimum atomic E-state index is -4.31. The summed E-state index contributed by atoms with van der Waals surface area (Å²) in [5.74, 6) is -0.375. The molecule has 2 N–H and O–H groups in total. The number of hydrogen-bond acceptors (Lipinski definition) is 9. The molecule has 0 spiro atoms. The predicted molar refractivity (Wildman–Crippen MR) is 162 cm³/mol. The summed E-state index contributed by atoms with van der Waals surface area (Å²) in [7, 11) is -4.31. The number of rotatable bonds is 24. The van der Waals surface area contributed by atoms with Crippen LogP contribution in [0.4, 0.5) is 0 Å². The predicted octanol–water partition coefficient (Wildman–Crippen LogP) is 7.13. The van der Waals surface area contributed by atoms with Crippen LogP contribution in [0.1, 0.15) is 136 Å². The minimum Gasteiger partial charge on any atom is -0.455 e. The topological polar surface area (TPSA) is 142 Å². The first-order valence-electron chi connectivity index (χ1n) is 16.6. The van der Waals surface area contributed by atoms with Crippen LogP contribution in [0.25, 0.3) is 0 Å². The number of fused-ring (bicyclic) bond motifs is 3. The quantitative estimate of drug-likeness (QED) is 0.0695. The second-order valence-corrected chi connectivity index (χ2v) is 13.2. The summed E-state index contributed by atoms with van der Waals surface area (Å²) >= 11 is 0. The fourth-order valence-electron chi connectivity index (χ4n) is 5.56. The van der Waals surface area contributed by atoms with Crippen molar-refractivity contribution in [2.45, 2.75) is 154 Å². The number of carbonyl (C=O) groups is 1. The van der Waals surface area contributed by atoms with Gasteiger partial charge >= 0.3 is 19.8 Å². The summed E-state index contributed by atoms with van der Waals surface area (Å²) in [6, 6.07) is 1.70. The van der Waals surface area contributed by atoms with E-state index in [1.807, 2.05) is 0 Å². The third-order valence-corrected chi connectivity index (χ3v) is 9.02. The third-order valence-electron chi connectivity index (χ3n) is 8.04. The molecule has 0 aromatic carbocycles. The Morgan fingerprint density at radius 2 is 1.51 bits per heavy atom. The molecular formula is C31H54N3O8P. The lowest BCUT2D eigenvalue weighted by atomic mass is 10.0. The van der Waals surface area contributed by atoms with Crippen LogP contribution in [0.2, 0.25) is 0 Å². The van der Waals surface area contributed by atoms with Gasteiger partial charge in [0.1, 0.15) is 6.10 Å². The van der Waals surface area contributed by atoms with E-state index >= 15 is 0 Å². The molecule has 246 valence electrons. The van der Waals surface area contributed by atoms with E-state index in [9.17, 15) is 14.3 Å². The minimum absolute atomic E-state index is 0.0411. The highest BCUT2D eigenvalue weighted by atomic mass is 31.2. The number of unbranched alkanes of at least 4 members (excludes halogenated alkanes) is 15. The number of phosphoric ester groups is 1. The molecule has 0 bridgehead atoms. The van der Waals surface area contributed by atoms with Gasteiger partial charge < -0.3 is 19.1 Å². The van der Waals surface area contributed by atoms with Gasteiger partial charge in [0.05, 0.1) is 13.2 Å². The average Bonchev–Trinajstić information content (AvgIpc) is 3.49. The summed E-state index contributed by atoms with van der Waals surface area (Å²) < 4.78 is 42.3. The molecular weight excluding hydrogens is 573 g/mol. The number of nitrogens with one attached hydrogen (secondary N) is 1. The van der Waals surface area contributed by atoms with Crippen LogP contribution in [0, 0.1) is 5.41 Å². The van der Waals surface area contributed by atoms with Crippen molar-refractivity contribution in [1.29, 1.82) is 5.41 Å². The van der Waals surface area contributed by atoms with Crippen molar-refractivity contribution in [2.24, 2.45) is 0 Å². The number of hydrogen-bond donors (Lipinski definition) is 2. The Morgan fingerprint density at radius 3 is 2.14 bits per heavy atom. The van der Waals surface area contributed by atoms with Gasteiger partial charge in [-0.2, -0.15) is 4.98 Å². The van der Waals surface area contributed by atoms with Crippen LogP contribution < -0.4 is 10.2 Å². The number of nitrogens with zero attached hydrogens (tertiary/aromatic N) is 2. The third kappa shape index (κ3) is 12.6. The molecule has 1 aromatic rings. The molecule has 12 heteroatoms. The maximum absolute atomic E-state index is 12.8. The zero-order valence-electron chi connectivity index (χ0n) is 26.3. The molecule has 0 aliphatic carbocycles. The monoisotopic (exact) mass is 627 g/mol. The van der Waals surface area contributed by atoms with Gasteiger partial charge in [-0.25, -0.2) is 4.57 Å². The van der Waals surface area contributed by atoms with Gasteiger partial charge in [0.15, 0.2) is 23.9 Å². The van der Waals surface area contributed by atoms with Gasteiger partial charge in [-0.15, -0.1) is 0 Å². The Labute approximate surface area is 257 Å². The molecule has 0 radical (unpaired) electrons. The van der Waals surface area contributed by atoms with Gasteiger partial charge in [-0.3, -0.25) is 23.8 Å². The molecule has 0 saturated carbocycles. The van der Waals surface area contributed by atoms with Crippen LogP contribution >= 0.6 is 7.82 Å². The van der Waals surface area contributed by atoms with Crippen LogP contribution in [-0.4, -0.2) is 51.9 Å². The Balaban J connectivity index is 1.40. The Kier molecular flexibility index (Phi) is 16.2. The lowest BCUT2D eigenvalue weighted by molar-refractivity contribution is -0.156. The van der Waals surface area contributed by atoms with Crippen LogP contribution in [0.3, 0.4) is 0 Å². The van der Waals surface area contributed by atoms with E-state index in [4.69, 9.17) is 28.7 Å². The van der Waals surface area contributed by atoms with E-state index in [1.165, 1.54) is 70.3 Å². The lowest BCUT2D eigenvalue weighted by Gasteiger charge is -2.23. The molecule has 1 saturated heterocycles. The molecule has 1 fully saturated rings. The van der Waals surface area contributed by atoms with Crippen LogP contribution in [0.15, 0.2) is 12.3 Å². The Morgan fingerprint density at radius 1 is 0.930 bits per heavy atom. The standard InChI is InChI=1S/C31H54N3O8P/c1-3-5-7-9-10-11-12-13-14-15-16-17-18-20-27(35)41-28-25(24-39-43(36,37)38-23-19-8-6-4-2)40-30-29(28)42-31-33-26(32)21-22-34(30)31/h21-22,25,28-30,32H,3-20,23-24H2,1-2H3,(H,36,37)/t25-,28-,29+,30-/m1/s1. The number of carbonyl (C=O) groups excluding carboxylic acids is 1. The number of phosphoric acid groups is 1. The van der Waals surface area contributed by atoms with Gasteiger partial charge in [0, 0.05) is 12.6 Å². The van der Waals surface area contributed by atoms with E-state index in [0.29, 0.717) is 6.42 Å². The van der Waals surface area contributed by atoms with Crippen molar-refractivity contribution in [3.63, 3.8) is 0 Å². The normalized spacial score (nSPS) is 22.1. The average molecular weight is 628 g/mol. The molecule has 1 unspecified atom stereocenters. The maximum atomic E-state index is 12.8. The molecule has 5 atom stereocenters. The molecule has 0 amide bonds. The molecule has 3 rings (SSSR count). The second kappa shape index (κ2) is 19.6. The van der Waals surface area contributed by atoms with Crippen LogP contribution in [-0.2, 0) is 27.9 Å². The summed E-state index contributed by atoms with van der Waals surface area (Å²) in [6.07, 6.45) is 18.3. The molecule has 2 aliphatic heterocycles.